The first kappa shape index (κ1) is 32.6. The van der Waals surface area contributed by atoms with Gasteiger partial charge in [-0.05, 0) is 60.0 Å². The molecule has 3 N–H and O–H groups in total. The zero-order chi connectivity index (χ0) is 33.8. The third kappa shape index (κ3) is 6.09. The first-order chi connectivity index (χ1) is 23.3. The number of ether oxygens (including phenoxy) is 3. The molecule has 4 atom stereocenters. The predicted octanol–water partition coefficient (Wildman–Crippen LogP) is 4.87. The maximum absolute atomic E-state index is 13.3. The lowest BCUT2D eigenvalue weighted by Crippen LogP contribution is -2.51. The van der Waals surface area contributed by atoms with Crippen LogP contribution in [0.4, 0.5) is 5.82 Å². The van der Waals surface area contributed by atoms with E-state index >= 15 is 0 Å². The Bertz CT molecular complexity index is 1870. The lowest BCUT2D eigenvalue weighted by molar-refractivity contribution is -0.0976. The minimum Gasteiger partial charge on any atom is -0.497 e. The summed E-state index contributed by atoms with van der Waals surface area (Å²) >= 11 is 0. The largest absolute Gasteiger partial charge is 0.497 e. The number of methoxy groups -OCH3 is 2. The number of carbonyl (C=O) groups excluding carboxylic acids is 1. The molecule has 246 valence electrons. The topological polar surface area (TPSA) is 132 Å². The van der Waals surface area contributed by atoms with E-state index in [1.165, 1.54) is 4.57 Å². The van der Waals surface area contributed by atoms with Crippen LogP contribution in [-0.4, -0.2) is 58.2 Å². The number of carbonyl (C=O) groups is 1. The number of hydrogen-bond acceptors (Lipinski definition) is 8. The Morgan fingerprint density at radius 2 is 1.40 bits per heavy atom. The minimum absolute atomic E-state index is 0.0224. The number of nitrogens with zero attached hydrogens (tertiary/aromatic N) is 2. The summed E-state index contributed by atoms with van der Waals surface area (Å²) in [6.45, 7) is 1.72. The summed E-state index contributed by atoms with van der Waals surface area (Å²) in [7, 11) is 3.17. The highest BCUT2D eigenvalue weighted by atomic mass is 16.5. The van der Waals surface area contributed by atoms with Gasteiger partial charge in [-0.25, -0.2) is 4.79 Å². The smallest absolute Gasteiger partial charge is 0.351 e. The average Bonchev–Trinajstić information content (AvgIpc) is 3.52. The van der Waals surface area contributed by atoms with Crippen molar-refractivity contribution in [3.05, 3.63) is 154 Å². The van der Waals surface area contributed by atoms with E-state index < -0.39 is 41.6 Å². The van der Waals surface area contributed by atoms with Crippen molar-refractivity contribution in [3.63, 3.8) is 0 Å². The maximum Gasteiger partial charge on any atom is 0.351 e. The lowest BCUT2D eigenvalue weighted by atomic mass is 9.64. The Morgan fingerprint density at radius 1 is 0.875 bits per heavy atom. The number of aliphatic hydroxyl groups is 2. The predicted molar refractivity (Wildman–Crippen MR) is 180 cm³/mol. The van der Waals surface area contributed by atoms with Gasteiger partial charge in [0.25, 0.3) is 5.91 Å². The highest BCUT2D eigenvalue weighted by Gasteiger charge is 2.52. The van der Waals surface area contributed by atoms with Crippen LogP contribution in [0.15, 0.2) is 120 Å². The first-order valence-electron chi connectivity index (χ1n) is 15.6. The molecule has 0 bridgehead atoms. The van der Waals surface area contributed by atoms with Gasteiger partial charge in [-0.15, -0.1) is 0 Å². The summed E-state index contributed by atoms with van der Waals surface area (Å²) in [6, 6.07) is 33.0. The fourth-order valence-electron chi connectivity index (χ4n) is 6.47. The number of anilines is 1. The van der Waals surface area contributed by atoms with Gasteiger partial charge in [0.15, 0.2) is 0 Å². The Hall–Kier alpha value is -5.29. The van der Waals surface area contributed by atoms with Crippen molar-refractivity contribution >= 4 is 11.7 Å². The van der Waals surface area contributed by atoms with Gasteiger partial charge >= 0.3 is 5.69 Å². The third-order valence-electron chi connectivity index (χ3n) is 8.92. The van der Waals surface area contributed by atoms with Crippen LogP contribution in [0.1, 0.15) is 45.3 Å². The molecule has 2 heterocycles. The number of rotatable bonds is 10. The summed E-state index contributed by atoms with van der Waals surface area (Å²) in [4.78, 5) is 30.2. The van der Waals surface area contributed by atoms with E-state index in [0.29, 0.717) is 22.6 Å². The number of nitrogens with one attached hydrogen (secondary N) is 1. The number of aryl methyl sites for hydroxylation is 1. The minimum atomic E-state index is -1.34. The fourth-order valence-corrected chi connectivity index (χ4v) is 6.47. The van der Waals surface area contributed by atoms with Crippen LogP contribution in [0.2, 0.25) is 0 Å². The van der Waals surface area contributed by atoms with Gasteiger partial charge in [0.2, 0.25) is 0 Å². The quantitative estimate of drug-likeness (QED) is 0.183. The van der Waals surface area contributed by atoms with Crippen molar-refractivity contribution < 1.29 is 29.2 Å². The fraction of sp³-hybridized carbons (Fsp3) is 0.237. The molecule has 1 fully saturated rings. The molecule has 1 unspecified atom stereocenters. The molecule has 0 radical (unpaired) electrons. The zero-order valence-electron chi connectivity index (χ0n) is 26.8. The van der Waals surface area contributed by atoms with Gasteiger partial charge in [-0.3, -0.25) is 9.36 Å². The average molecular weight is 648 g/mol. The molecule has 0 aliphatic carbocycles. The Balaban J connectivity index is 1.38. The Morgan fingerprint density at radius 3 is 1.94 bits per heavy atom. The monoisotopic (exact) mass is 647 g/mol. The second-order valence-electron chi connectivity index (χ2n) is 11.7. The molecule has 1 saturated heterocycles. The van der Waals surface area contributed by atoms with Crippen LogP contribution in [0, 0.1) is 6.92 Å². The molecule has 0 spiro atoms. The number of amides is 1. The summed E-state index contributed by atoms with van der Waals surface area (Å²) in [5.41, 5.74) is 1.29. The lowest BCUT2D eigenvalue weighted by Gasteiger charge is -2.43. The van der Waals surface area contributed by atoms with Crippen LogP contribution in [-0.2, 0) is 10.2 Å². The van der Waals surface area contributed by atoms with E-state index in [2.05, 4.69) is 10.3 Å². The van der Waals surface area contributed by atoms with Crippen LogP contribution in [0.25, 0.3) is 0 Å². The molecule has 4 aromatic carbocycles. The van der Waals surface area contributed by atoms with Crippen LogP contribution in [0.3, 0.4) is 0 Å². The van der Waals surface area contributed by atoms with Gasteiger partial charge in [-0.2, -0.15) is 4.98 Å². The van der Waals surface area contributed by atoms with E-state index in [4.69, 9.17) is 14.2 Å². The molecule has 1 aliphatic rings. The van der Waals surface area contributed by atoms with E-state index in [1.54, 1.807) is 57.7 Å². The molecular weight excluding hydrogens is 610 g/mol. The van der Waals surface area contributed by atoms with Crippen molar-refractivity contribution in [2.24, 2.45) is 0 Å². The number of benzene rings is 4. The number of hydrogen-bond donors (Lipinski definition) is 3. The molecular formula is C38H37N3O7. The van der Waals surface area contributed by atoms with Gasteiger partial charge < -0.3 is 29.7 Å². The Kier molecular flexibility index (Phi) is 9.40. The van der Waals surface area contributed by atoms with Crippen molar-refractivity contribution in [2.45, 2.75) is 43.3 Å². The second kappa shape index (κ2) is 13.8. The van der Waals surface area contributed by atoms with Crippen LogP contribution < -0.4 is 20.5 Å². The molecule has 6 rings (SSSR count). The molecule has 5 aromatic rings. The van der Waals surface area contributed by atoms with E-state index in [0.717, 1.165) is 16.7 Å². The van der Waals surface area contributed by atoms with Crippen LogP contribution >= 0.6 is 0 Å². The molecule has 10 heteroatoms. The summed E-state index contributed by atoms with van der Waals surface area (Å²) < 4.78 is 18.5. The number of aliphatic hydroxyl groups excluding tert-OH is 2. The standard InChI is InChI=1S/C38H37N3O7/c1-24-23-41(37(45)40-35(24)39-36(44)25-10-6-4-7-11-25)32-22-31(42)33(48-32)34(43)38(26-12-8-5-9-13-26,27-14-18-29(46-2)19-15-27)28-16-20-30(47-3)21-17-28/h4-21,23,31-34,42-43H,22H2,1-3H3,(H,39,40,44,45)/t31-,32+,33-,34?/m0/s1. The van der Waals surface area contributed by atoms with Crippen molar-refractivity contribution in [1.82, 2.24) is 9.55 Å². The second-order valence-corrected chi connectivity index (χ2v) is 11.7. The Labute approximate surface area is 278 Å². The third-order valence-corrected chi connectivity index (χ3v) is 8.92. The van der Waals surface area contributed by atoms with Crippen molar-refractivity contribution in [1.29, 1.82) is 0 Å². The molecule has 1 aliphatic heterocycles. The van der Waals surface area contributed by atoms with Gasteiger partial charge in [0.1, 0.15) is 35.8 Å². The van der Waals surface area contributed by atoms with Crippen molar-refractivity contribution in [3.8, 4) is 11.5 Å². The highest BCUT2D eigenvalue weighted by molar-refractivity contribution is 6.04. The van der Waals surface area contributed by atoms with E-state index in [9.17, 15) is 19.8 Å². The normalized spacial score (nSPS) is 18.2. The SMILES string of the molecule is COc1ccc(C(c2ccccc2)(c2ccc(OC)cc2)C(O)[C@H]2O[C@@H](n3cc(C)c(NC(=O)c4ccccc4)nc3=O)C[C@@H]2O)cc1. The molecule has 48 heavy (non-hydrogen) atoms. The van der Waals surface area contributed by atoms with E-state index in [1.807, 2.05) is 78.9 Å². The maximum atomic E-state index is 13.3. The first-order valence-corrected chi connectivity index (χ1v) is 15.6. The van der Waals surface area contributed by atoms with Crippen molar-refractivity contribution in [2.75, 3.05) is 19.5 Å². The van der Waals surface area contributed by atoms with Gasteiger partial charge in [0, 0.05) is 23.7 Å². The summed E-state index contributed by atoms with van der Waals surface area (Å²) in [5.74, 6) is 1.02. The summed E-state index contributed by atoms with van der Waals surface area (Å²) in [6.07, 6.45) is -2.97. The molecule has 0 saturated carbocycles. The molecule has 1 amide bonds. The van der Waals surface area contributed by atoms with Gasteiger partial charge in [0.05, 0.1) is 25.7 Å². The number of aromatic nitrogens is 2. The molecule has 10 nitrogen and oxygen atoms in total. The zero-order valence-corrected chi connectivity index (χ0v) is 26.8. The highest BCUT2D eigenvalue weighted by Crippen LogP contribution is 2.47. The summed E-state index contributed by atoms with van der Waals surface area (Å²) in [5, 5.41) is 26.8. The molecule has 1 aromatic heterocycles. The van der Waals surface area contributed by atoms with Gasteiger partial charge in [-0.1, -0.05) is 72.8 Å². The van der Waals surface area contributed by atoms with Crippen LogP contribution in [0.5, 0.6) is 11.5 Å². The van der Waals surface area contributed by atoms with E-state index in [-0.39, 0.29) is 12.2 Å².